The van der Waals surface area contributed by atoms with E-state index in [4.69, 9.17) is 19.6 Å². The summed E-state index contributed by atoms with van der Waals surface area (Å²) in [6.45, 7) is 13.6. The Bertz CT molecular complexity index is 1640. The van der Waals surface area contributed by atoms with Crippen LogP contribution in [0, 0.1) is 0 Å². The van der Waals surface area contributed by atoms with E-state index in [0.717, 1.165) is 41.2 Å². The molecule has 4 aromatic rings. The molecule has 0 fully saturated rings. The highest BCUT2D eigenvalue weighted by molar-refractivity contribution is 7.99. The third-order valence-corrected chi connectivity index (χ3v) is 8.59. The first-order valence-electron chi connectivity index (χ1n) is 15.6. The Balaban J connectivity index is 1.41. The van der Waals surface area contributed by atoms with Crippen molar-refractivity contribution in [2.75, 3.05) is 23.0 Å². The third kappa shape index (κ3) is 7.71. The highest BCUT2D eigenvalue weighted by atomic mass is 32.2. The molecule has 2 N–H and O–H groups in total. The van der Waals surface area contributed by atoms with Crippen LogP contribution < -0.4 is 20.1 Å². The highest BCUT2D eigenvalue weighted by Crippen LogP contribution is 2.38. The molecule has 0 saturated heterocycles. The molecule has 0 spiro atoms. The van der Waals surface area contributed by atoms with Crippen molar-refractivity contribution in [1.82, 2.24) is 14.8 Å². The number of nitrogens with one attached hydrogen (secondary N) is 2. The Hall–Kier alpha value is -4.24. The first-order chi connectivity index (χ1) is 21.7. The van der Waals surface area contributed by atoms with Crippen molar-refractivity contribution in [1.29, 1.82) is 0 Å². The van der Waals surface area contributed by atoms with Gasteiger partial charge in [0.1, 0.15) is 24.1 Å². The summed E-state index contributed by atoms with van der Waals surface area (Å²) in [6.07, 6.45) is 2.18. The van der Waals surface area contributed by atoms with Gasteiger partial charge in [-0.25, -0.2) is 4.68 Å². The van der Waals surface area contributed by atoms with Crippen LogP contribution in [0.4, 0.5) is 11.6 Å². The molecule has 1 amide bonds. The van der Waals surface area contributed by atoms with Crippen LogP contribution in [0.15, 0.2) is 89.2 Å². The smallest absolute Gasteiger partial charge is 0.255 e. The Morgan fingerprint density at radius 2 is 1.73 bits per heavy atom. The molecule has 0 radical (unpaired) electrons. The Kier molecular flexibility index (Phi) is 10.2. The number of ether oxygens (including phenoxy) is 2. The van der Waals surface area contributed by atoms with Gasteiger partial charge in [-0.1, -0.05) is 94.4 Å². The van der Waals surface area contributed by atoms with E-state index in [2.05, 4.69) is 62.6 Å². The molecule has 45 heavy (non-hydrogen) atoms. The number of hydrogen-bond donors (Lipinski definition) is 2. The van der Waals surface area contributed by atoms with Crippen LogP contribution in [-0.2, 0) is 16.8 Å². The van der Waals surface area contributed by atoms with E-state index < -0.39 is 6.04 Å². The molecule has 0 aliphatic carbocycles. The van der Waals surface area contributed by atoms with E-state index in [1.807, 2.05) is 67.1 Å². The van der Waals surface area contributed by atoms with E-state index >= 15 is 0 Å². The van der Waals surface area contributed by atoms with Crippen molar-refractivity contribution < 1.29 is 14.3 Å². The third-order valence-electron chi connectivity index (χ3n) is 7.66. The van der Waals surface area contributed by atoms with Gasteiger partial charge in [0.15, 0.2) is 0 Å². The summed E-state index contributed by atoms with van der Waals surface area (Å²) in [7, 11) is 0. The van der Waals surface area contributed by atoms with Crippen molar-refractivity contribution in [2.45, 2.75) is 77.6 Å². The fourth-order valence-corrected chi connectivity index (χ4v) is 6.07. The normalized spacial score (nSPS) is 14.5. The molecule has 0 bridgehead atoms. The summed E-state index contributed by atoms with van der Waals surface area (Å²) in [5, 5.41) is 12.0. The summed E-state index contributed by atoms with van der Waals surface area (Å²) < 4.78 is 13.7. The molecule has 1 aliphatic rings. The average Bonchev–Trinajstić information content (AvgIpc) is 3.42. The number of para-hydroxylation sites is 2. The predicted octanol–water partition coefficient (Wildman–Crippen LogP) is 8.37. The molecule has 1 aliphatic heterocycles. The summed E-state index contributed by atoms with van der Waals surface area (Å²) in [6, 6.07) is 23.4. The molecule has 2 heterocycles. The summed E-state index contributed by atoms with van der Waals surface area (Å²) in [4.78, 5) is 18.8. The molecule has 1 atom stereocenters. The fraction of sp³-hybridized carbons (Fsp3) is 0.361. The molecule has 8 nitrogen and oxygen atoms in total. The van der Waals surface area contributed by atoms with Crippen LogP contribution in [0.5, 0.6) is 11.5 Å². The lowest BCUT2D eigenvalue weighted by Crippen LogP contribution is -2.31. The van der Waals surface area contributed by atoms with Gasteiger partial charge in [-0.15, -0.1) is 5.10 Å². The van der Waals surface area contributed by atoms with E-state index in [9.17, 15) is 4.79 Å². The molecule has 5 rings (SSSR count). The lowest BCUT2D eigenvalue weighted by atomic mass is 9.87. The number of allylic oxidation sites excluding steroid dienone is 1. The number of carbonyl (C=O) groups is 1. The number of rotatable bonds is 12. The van der Waals surface area contributed by atoms with Crippen molar-refractivity contribution >= 4 is 29.3 Å². The minimum absolute atomic E-state index is 0.109. The number of thioether (sulfide) groups is 1. The molecular weight excluding hydrogens is 582 g/mol. The van der Waals surface area contributed by atoms with Gasteiger partial charge in [-0.2, -0.15) is 4.98 Å². The molecule has 1 unspecified atom stereocenters. The zero-order valence-electron chi connectivity index (χ0n) is 27.0. The summed E-state index contributed by atoms with van der Waals surface area (Å²) in [5.41, 5.74) is 5.29. The summed E-state index contributed by atoms with van der Waals surface area (Å²) in [5.74, 6) is 2.68. The van der Waals surface area contributed by atoms with E-state index in [0.29, 0.717) is 41.3 Å². The maximum Gasteiger partial charge on any atom is 0.255 e. The number of benzene rings is 3. The molecule has 3 aromatic carbocycles. The van der Waals surface area contributed by atoms with Crippen LogP contribution in [0.2, 0.25) is 0 Å². The van der Waals surface area contributed by atoms with Gasteiger partial charge < -0.3 is 20.1 Å². The van der Waals surface area contributed by atoms with Crippen LogP contribution in [0.25, 0.3) is 0 Å². The quantitative estimate of drug-likeness (QED) is 0.121. The van der Waals surface area contributed by atoms with Gasteiger partial charge in [-0.05, 0) is 66.6 Å². The first-order valence-corrected chi connectivity index (χ1v) is 16.6. The van der Waals surface area contributed by atoms with Crippen LogP contribution >= 0.6 is 11.8 Å². The zero-order chi connectivity index (χ0) is 32.0. The number of carbonyl (C=O) groups excluding carboxylic acids is 1. The van der Waals surface area contributed by atoms with Gasteiger partial charge in [0.2, 0.25) is 11.1 Å². The Labute approximate surface area is 270 Å². The number of anilines is 2. The van der Waals surface area contributed by atoms with Crippen LogP contribution in [-0.4, -0.2) is 33.0 Å². The van der Waals surface area contributed by atoms with Crippen LogP contribution in [0.1, 0.15) is 77.1 Å². The van der Waals surface area contributed by atoms with Crippen molar-refractivity contribution in [3.8, 4) is 11.5 Å². The highest BCUT2D eigenvalue weighted by Gasteiger charge is 2.34. The minimum Gasteiger partial charge on any atom is -0.492 e. The number of amides is 1. The predicted molar refractivity (Wildman–Crippen MR) is 182 cm³/mol. The van der Waals surface area contributed by atoms with Gasteiger partial charge in [0.25, 0.3) is 5.91 Å². The lowest BCUT2D eigenvalue weighted by Gasteiger charge is -2.29. The van der Waals surface area contributed by atoms with Gasteiger partial charge in [-0.3, -0.25) is 4.79 Å². The second kappa shape index (κ2) is 14.2. The number of nitrogens with zero attached hydrogens (tertiary/aromatic N) is 3. The van der Waals surface area contributed by atoms with Gasteiger partial charge in [0.05, 0.1) is 17.9 Å². The fourth-order valence-electron chi connectivity index (χ4n) is 5.16. The second-order valence-corrected chi connectivity index (χ2v) is 13.2. The molecule has 9 heteroatoms. The first kappa shape index (κ1) is 32.2. The molecular formula is C36H43N5O3S. The topological polar surface area (TPSA) is 90.3 Å². The lowest BCUT2D eigenvalue weighted by molar-refractivity contribution is -0.113. The molecule has 0 saturated carbocycles. The van der Waals surface area contributed by atoms with Crippen molar-refractivity contribution in [3.63, 3.8) is 0 Å². The Morgan fingerprint density at radius 3 is 2.42 bits per heavy atom. The number of aromatic nitrogens is 3. The minimum atomic E-state index is -0.493. The standard InChI is InChI=1S/C36H43N5O3S/c1-7-9-22-45-35-39-34-37-24(3)31(33(42)38-29-12-10-11-13-30(29)43-8-2)32(41(34)40-35)26-16-20-28(21-17-26)44-23-25-14-18-27(19-15-25)36(4,5)6/h10-21,32H,7-9,22-23H2,1-6H3,(H,38,42)(H,37,39,40). The zero-order valence-corrected chi connectivity index (χ0v) is 27.8. The average molecular weight is 626 g/mol. The number of unbranched alkanes of at least 4 members (excludes halogenated alkanes) is 1. The monoisotopic (exact) mass is 625 g/mol. The summed E-state index contributed by atoms with van der Waals surface area (Å²) >= 11 is 1.63. The largest absolute Gasteiger partial charge is 0.492 e. The van der Waals surface area contributed by atoms with Crippen molar-refractivity contribution in [3.05, 3.63) is 101 Å². The number of hydrogen-bond acceptors (Lipinski definition) is 7. The van der Waals surface area contributed by atoms with E-state index in [1.54, 1.807) is 11.8 Å². The van der Waals surface area contributed by atoms with E-state index in [-0.39, 0.29) is 11.3 Å². The van der Waals surface area contributed by atoms with Gasteiger partial charge in [0, 0.05) is 11.4 Å². The second-order valence-electron chi connectivity index (χ2n) is 12.1. The maximum absolute atomic E-state index is 14.0. The Morgan fingerprint density at radius 1 is 1.00 bits per heavy atom. The van der Waals surface area contributed by atoms with E-state index in [1.165, 1.54) is 5.56 Å². The van der Waals surface area contributed by atoms with Crippen LogP contribution in [0.3, 0.4) is 0 Å². The van der Waals surface area contributed by atoms with Gasteiger partial charge >= 0.3 is 0 Å². The van der Waals surface area contributed by atoms with Crippen molar-refractivity contribution in [2.24, 2.45) is 0 Å². The molecule has 1 aromatic heterocycles. The maximum atomic E-state index is 14.0. The number of fused-ring (bicyclic) bond motifs is 1. The SMILES string of the molecule is CCCCSc1nc2n(n1)C(c1ccc(OCc3ccc(C(C)(C)C)cc3)cc1)C(C(=O)Nc1ccccc1OCC)=C(C)N2. The molecule has 236 valence electrons.